The number of aliphatic hydroxyl groups excluding tert-OH is 1. The molecule has 41 nitrogen and oxygen atoms in total. The minimum Gasteiger partial charge on any atom is -0.394 e. The zero-order valence-electron chi connectivity index (χ0n) is 38.7. The third kappa shape index (κ3) is 44.5. The number of hydrogen-bond donors (Lipinski definition) is 13. The van der Waals surface area contributed by atoms with E-state index >= 15 is 0 Å². The molecule has 13 N–H and O–H groups in total. The highest BCUT2D eigenvalue weighted by atomic mass is 31.2. The molecule has 446 valence electrons. The normalized spacial score (nSPS) is 19.9. The zero-order chi connectivity index (χ0) is 56.6. The first-order chi connectivity index (χ1) is 34.1. The van der Waals surface area contributed by atoms with Crippen molar-refractivity contribution in [2.75, 3.05) is 146 Å². The molecule has 10 unspecified atom stereocenters. The van der Waals surface area contributed by atoms with Crippen molar-refractivity contribution in [1.82, 2.24) is 10.6 Å². The van der Waals surface area contributed by atoms with Crippen molar-refractivity contribution in [2.45, 2.75) is 12.2 Å². The van der Waals surface area contributed by atoms with Gasteiger partial charge in [-0.05, 0) is 14.1 Å². The van der Waals surface area contributed by atoms with Crippen LogP contribution in [0, 0.1) is 0 Å². The van der Waals surface area contributed by atoms with E-state index < -0.39 is 195 Å². The first-order valence-corrected chi connectivity index (χ1v) is 33.4. The van der Waals surface area contributed by atoms with Crippen molar-refractivity contribution in [3.05, 3.63) is 0 Å². The third-order valence-electron chi connectivity index (χ3n) is 6.44. The van der Waals surface area contributed by atoms with Gasteiger partial charge in [0, 0.05) is 0 Å². The summed E-state index contributed by atoms with van der Waals surface area (Å²) in [5.74, 6) is 0. The van der Waals surface area contributed by atoms with Gasteiger partial charge < -0.3 is 63.5 Å². The summed E-state index contributed by atoms with van der Waals surface area (Å²) in [6.45, 7) is -14.6. The molecule has 0 aromatic rings. The number of ether oxygens (including phenoxy) is 2. The first-order valence-electron chi connectivity index (χ1n) is 19.9. The molecule has 0 aromatic heterocycles. The van der Waals surface area contributed by atoms with E-state index in [1.165, 1.54) is 7.05 Å². The molecule has 0 saturated carbocycles. The maximum absolute atomic E-state index is 12.0. The van der Waals surface area contributed by atoms with Crippen LogP contribution in [0.1, 0.15) is 0 Å². The van der Waals surface area contributed by atoms with Crippen molar-refractivity contribution >= 4 is 70.4 Å². The maximum Gasteiger partial charge on any atom is 0.472 e. The molecule has 0 bridgehead atoms. The Morgan fingerprint density at radius 2 is 0.527 bits per heavy atom. The molecule has 0 heterocycles. The molecule has 74 heavy (non-hydrogen) atoms. The van der Waals surface area contributed by atoms with Crippen molar-refractivity contribution in [1.29, 1.82) is 0 Å². The minimum atomic E-state index is -5.06. The lowest BCUT2D eigenvalue weighted by atomic mass is 10.4. The Labute approximate surface area is 420 Å². The first kappa shape index (κ1) is 74.8. The van der Waals surface area contributed by atoms with Crippen molar-refractivity contribution in [3.63, 3.8) is 0 Å². The summed E-state index contributed by atoms with van der Waals surface area (Å²) in [5, 5.41) is 14.4. The van der Waals surface area contributed by atoms with Gasteiger partial charge in [-0.25, -0.2) is 41.1 Å². The molecule has 50 heteroatoms. The Balaban J connectivity index is 4.31. The lowest BCUT2D eigenvalue weighted by Gasteiger charge is -2.20. The Hall–Kier alpha value is 0.790. The SMILES string of the molecule is CNCOCC(COP(=O)(O)OCCOP(=O)(O)OCCOP(=O)(O)OCCOP(=O)(O)OCCOP(=O)(O)OCCOP(=O)(O)OCCOP(=O)(O)OCCOP(=O)(O)OC(CO)COCNC)OP(=O)(O)O. The molecule has 0 rings (SSSR count). The average molecular weight is 1280 g/mol. The molecule has 0 aliphatic rings. The fraction of sp³-hybridized carbons (Fsp3) is 1.00. The number of phosphoric ester groups is 9. The lowest BCUT2D eigenvalue weighted by Crippen LogP contribution is -2.27. The molecular weight excluding hydrogens is 1220 g/mol. The number of nitrogens with one attached hydrogen (secondary N) is 2. The second-order valence-electron chi connectivity index (χ2n) is 12.6. The monoisotopic (exact) mass is 1280 g/mol. The van der Waals surface area contributed by atoms with Gasteiger partial charge in [-0.1, -0.05) is 0 Å². The topological polar surface area (TPSA) is 576 Å². The predicted octanol–water partition coefficient (Wildman–Crippen LogP) is -0.719. The van der Waals surface area contributed by atoms with Gasteiger partial charge in [-0.15, -0.1) is 0 Å². The quantitative estimate of drug-likeness (QED) is 0.0203. The van der Waals surface area contributed by atoms with Crippen LogP contribution in [0.2, 0.25) is 0 Å². The second-order valence-corrected chi connectivity index (χ2v) is 25.3. The highest BCUT2D eigenvalue weighted by molar-refractivity contribution is 7.49. The Kier molecular flexibility index (Phi) is 38.1. The lowest BCUT2D eigenvalue weighted by molar-refractivity contribution is -0.00581. The highest BCUT2D eigenvalue weighted by Gasteiger charge is 2.32. The van der Waals surface area contributed by atoms with Gasteiger partial charge in [-0.3, -0.25) is 87.5 Å². The van der Waals surface area contributed by atoms with Crippen LogP contribution in [0.4, 0.5) is 0 Å². The zero-order valence-corrected chi connectivity index (χ0v) is 46.7. The third-order valence-corrected chi connectivity index (χ3v) is 15.2. The van der Waals surface area contributed by atoms with Crippen LogP contribution in [-0.2, 0) is 127 Å². The summed E-state index contributed by atoms with van der Waals surface area (Å²) < 4.78 is 193. The van der Waals surface area contributed by atoms with E-state index in [4.69, 9.17) is 23.8 Å². The Bertz CT molecular complexity index is 2000. The predicted molar refractivity (Wildman–Crippen MR) is 237 cm³/mol. The molecular formula is C24H61N2O39P9. The van der Waals surface area contributed by atoms with Crippen LogP contribution in [0.3, 0.4) is 0 Å². The minimum absolute atomic E-state index is 0.0427. The number of rotatable bonds is 51. The van der Waals surface area contributed by atoms with Crippen molar-refractivity contribution < 1.29 is 182 Å². The van der Waals surface area contributed by atoms with Crippen LogP contribution in [-0.4, -0.2) is 213 Å². The van der Waals surface area contributed by atoms with E-state index in [-0.39, 0.29) is 20.1 Å². The summed E-state index contributed by atoms with van der Waals surface area (Å²) in [5.41, 5.74) is 0. The van der Waals surface area contributed by atoms with E-state index in [1.54, 1.807) is 7.05 Å². The second kappa shape index (κ2) is 37.7. The standard InChI is InChI=1S/C24H61N2O39P9/c1-25-21-47-18-23(17-27)65-74(45,46)62-16-15-60-72(41,42)58-12-11-56-70(37,38)54-8-7-52-68(33,34)50-4-3-49-67(31,32)51-5-6-53-69(35,36)55-9-10-57-71(39,40)59-13-14-61-73(43,44)63-20-24(19-48-22-26-2)64-66(28,29)30/h23-27H,3-22H2,1-2H3,(H,31,32)(H,33,34)(H,35,36)(H,37,38)(H,39,40)(H,41,42)(H,43,44)(H,45,46)(H2,28,29,30). The number of phosphoric acid groups is 9. The molecule has 0 amide bonds. The largest absolute Gasteiger partial charge is 0.472 e. The fourth-order valence-electron chi connectivity index (χ4n) is 3.80. The van der Waals surface area contributed by atoms with E-state index in [0.29, 0.717) is 0 Å². The van der Waals surface area contributed by atoms with Gasteiger partial charge in [0.05, 0.1) is 132 Å². The van der Waals surface area contributed by atoms with Crippen LogP contribution < -0.4 is 10.6 Å². The van der Waals surface area contributed by atoms with Gasteiger partial charge in [0.2, 0.25) is 0 Å². The summed E-state index contributed by atoms with van der Waals surface area (Å²) in [6, 6.07) is 0. The maximum atomic E-state index is 12.0. The molecule has 0 aliphatic heterocycles. The summed E-state index contributed by atoms with van der Waals surface area (Å²) in [6.07, 6.45) is -2.78. The van der Waals surface area contributed by atoms with E-state index in [2.05, 4.69) is 83.0 Å². The molecule has 10 atom stereocenters. The number of aliphatic hydroxyl groups is 1. The summed E-state index contributed by atoms with van der Waals surface area (Å²) in [4.78, 5) is 95.5. The Morgan fingerprint density at radius 1 is 0.311 bits per heavy atom. The van der Waals surface area contributed by atoms with E-state index in [1.807, 2.05) is 0 Å². The van der Waals surface area contributed by atoms with Gasteiger partial charge >= 0.3 is 70.4 Å². The van der Waals surface area contributed by atoms with Crippen molar-refractivity contribution in [2.24, 2.45) is 0 Å². The van der Waals surface area contributed by atoms with Gasteiger partial charge in [-0.2, -0.15) is 0 Å². The molecule has 0 saturated heterocycles. The fourth-order valence-corrected chi connectivity index (χ4v) is 10.0. The molecule has 0 aromatic carbocycles. The average Bonchev–Trinajstić information content (AvgIpc) is 3.27. The van der Waals surface area contributed by atoms with E-state index in [9.17, 15) is 85.3 Å². The van der Waals surface area contributed by atoms with Gasteiger partial charge in [0.1, 0.15) is 12.2 Å². The van der Waals surface area contributed by atoms with Crippen LogP contribution in [0.25, 0.3) is 0 Å². The Morgan fingerprint density at radius 3 is 0.743 bits per heavy atom. The summed E-state index contributed by atoms with van der Waals surface area (Å²) >= 11 is 0. The van der Waals surface area contributed by atoms with Crippen LogP contribution in [0.5, 0.6) is 0 Å². The highest BCUT2D eigenvalue weighted by Crippen LogP contribution is 2.50. The molecule has 0 spiro atoms. The number of hydrogen-bond acceptors (Lipinski definition) is 31. The van der Waals surface area contributed by atoms with Crippen LogP contribution >= 0.6 is 70.4 Å². The molecule has 0 aliphatic carbocycles. The van der Waals surface area contributed by atoms with E-state index in [0.717, 1.165) is 0 Å². The molecule has 0 radical (unpaired) electrons. The molecule has 0 fully saturated rings. The summed E-state index contributed by atoms with van der Waals surface area (Å²) in [7, 11) is -41.3. The van der Waals surface area contributed by atoms with Gasteiger partial charge in [0.15, 0.2) is 0 Å². The van der Waals surface area contributed by atoms with Crippen LogP contribution in [0.15, 0.2) is 0 Å². The smallest absolute Gasteiger partial charge is 0.394 e. The van der Waals surface area contributed by atoms with Gasteiger partial charge in [0.25, 0.3) is 0 Å². The van der Waals surface area contributed by atoms with Crippen molar-refractivity contribution in [3.8, 4) is 0 Å².